The smallest absolute Gasteiger partial charge is 0.335 e. The summed E-state index contributed by atoms with van der Waals surface area (Å²) in [5.74, 6) is 11.4. The summed E-state index contributed by atoms with van der Waals surface area (Å²) in [5.41, 5.74) is 3.30. The van der Waals surface area contributed by atoms with Crippen LogP contribution < -0.4 is 14.2 Å². The highest BCUT2D eigenvalue weighted by atomic mass is 16.5. The van der Waals surface area contributed by atoms with Gasteiger partial charge in [-0.1, -0.05) is 43.4 Å². The lowest BCUT2D eigenvalue weighted by atomic mass is 10.0. The Morgan fingerprint density at radius 2 is 1.03 bits per heavy atom. The van der Waals surface area contributed by atoms with Crippen molar-refractivity contribution >= 4 is 17.9 Å². The van der Waals surface area contributed by atoms with Crippen molar-refractivity contribution in [2.24, 2.45) is 0 Å². The number of esters is 3. The molecule has 0 saturated heterocycles. The van der Waals surface area contributed by atoms with E-state index in [2.05, 4.69) is 43.4 Å². The van der Waals surface area contributed by atoms with E-state index >= 15 is 0 Å². The van der Waals surface area contributed by atoms with E-state index in [1.807, 2.05) is 6.92 Å². The molecule has 0 aliphatic rings. The van der Waals surface area contributed by atoms with E-state index < -0.39 is 17.9 Å². The van der Waals surface area contributed by atoms with E-state index in [0.29, 0.717) is 33.8 Å². The third-order valence-corrected chi connectivity index (χ3v) is 4.87. The van der Waals surface area contributed by atoms with Crippen molar-refractivity contribution in [3.8, 4) is 40.9 Å². The molecule has 0 atom stereocenters. The summed E-state index contributed by atoms with van der Waals surface area (Å²) < 4.78 is 15.5. The van der Waals surface area contributed by atoms with Crippen LogP contribution in [-0.2, 0) is 14.4 Å². The molecule has 0 unspecified atom stereocenters. The molecule has 0 aliphatic carbocycles. The van der Waals surface area contributed by atoms with Crippen molar-refractivity contribution < 1.29 is 28.6 Å². The molecule has 38 heavy (non-hydrogen) atoms. The molecule has 0 N–H and O–H groups in total. The van der Waals surface area contributed by atoms with Crippen LogP contribution in [0.1, 0.15) is 27.8 Å². The van der Waals surface area contributed by atoms with Gasteiger partial charge in [-0.3, -0.25) is 0 Å². The Bertz CT molecular complexity index is 1540. The minimum atomic E-state index is -0.631. The van der Waals surface area contributed by atoms with Gasteiger partial charge in [0.25, 0.3) is 0 Å². The first-order chi connectivity index (χ1) is 18.3. The summed E-state index contributed by atoms with van der Waals surface area (Å²) in [4.78, 5) is 34.6. The van der Waals surface area contributed by atoms with Gasteiger partial charge in [-0.05, 0) is 73.2 Å². The molecule has 186 valence electrons. The second kappa shape index (κ2) is 12.9. The lowest BCUT2D eigenvalue weighted by molar-refractivity contribution is -0.129. The van der Waals surface area contributed by atoms with Gasteiger partial charge in [0.2, 0.25) is 0 Å². The number of aryl methyl sites for hydroxylation is 1. The molecular weight excluding hydrogens is 480 g/mol. The largest absolute Gasteiger partial charge is 0.423 e. The minimum absolute atomic E-state index is 0.237. The van der Waals surface area contributed by atoms with Crippen LogP contribution in [0.4, 0.5) is 0 Å². The molecule has 3 aromatic carbocycles. The average Bonchev–Trinajstić information content (AvgIpc) is 2.93. The van der Waals surface area contributed by atoms with Crippen LogP contribution in [0.5, 0.6) is 17.2 Å². The van der Waals surface area contributed by atoms with Crippen LogP contribution in [-0.4, -0.2) is 17.9 Å². The summed E-state index contributed by atoms with van der Waals surface area (Å²) >= 11 is 0. The predicted octanol–water partition coefficient (Wildman–Crippen LogP) is 5.07. The highest BCUT2D eigenvalue weighted by Crippen LogP contribution is 2.24. The zero-order chi connectivity index (χ0) is 27.5. The molecule has 0 amide bonds. The van der Waals surface area contributed by atoms with Gasteiger partial charge in [0.1, 0.15) is 17.2 Å². The molecule has 0 saturated carbocycles. The Hall–Kier alpha value is -5.59. The van der Waals surface area contributed by atoms with Gasteiger partial charge in [-0.25, -0.2) is 14.4 Å². The first-order valence-corrected chi connectivity index (χ1v) is 11.2. The Kier molecular flexibility index (Phi) is 9.18. The van der Waals surface area contributed by atoms with Crippen LogP contribution in [0.2, 0.25) is 0 Å². The molecule has 0 radical (unpaired) electrons. The van der Waals surface area contributed by atoms with Crippen LogP contribution in [0.25, 0.3) is 0 Å². The number of hydrogen-bond acceptors (Lipinski definition) is 6. The molecule has 0 spiro atoms. The number of ether oxygens (including phenoxy) is 3. The van der Waals surface area contributed by atoms with Gasteiger partial charge in [0.15, 0.2) is 0 Å². The maximum Gasteiger partial charge on any atom is 0.335 e. The number of benzene rings is 3. The molecule has 0 bridgehead atoms. The molecule has 0 aliphatic heterocycles. The van der Waals surface area contributed by atoms with Gasteiger partial charge in [-0.15, -0.1) is 0 Å². The number of rotatable bonds is 6. The Labute approximate surface area is 220 Å². The predicted molar refractivity (Wildman–Crippen MR) is 144 cm³/mol. The average molecular weight is 503 g/mol. The maximum atomic E-state index is 11.9. The third-order valence-electron chi connectivity index (χ3n) is 4.87. The first-order valence-electron chi connectivity index (χ1n) is 11.2. The fourth-order valence-electron chi connectivity index (χ4n) is 2.96. The van der Waals surface area contributed by atoms with E-state index in [1.165, 1.54) is 0 Å². The molecule has 0 heterocycles. The standard InChI is InChI=1S/C32H22O6/c1-5-30(33)36-27-16-10-23(11-17-27)8-14-25-21-29(38-32(35)7-3)26(20-22(25)4)15-9-24-12-18-28(19-13-24)37-31(34)6-2/h5-7,10-13,16-21H,1-3H2,4H3. The number of carbonyl (C=O) groups is 3. The topological polar surface area (TPSA) is 78.9 Å². The van der Waals surface area contributed by atoms with Gasteiger partial charge in [-0.2, -0.15) is 0 Å². The van der Waals surface area contributed by atoms with Crippen molar-refractivity contribution in [1.82, 2.24) is 0 Å². The molecule has 3 rings (SSSR count). The number of carbonyl (C=O) groups excluding carboxylic acids is 3. The quantitative estimate of drug-likeness (QED) is 0.203. The second-order valence-electron chi connectivity index (χ2n) is 7.59. The van der Waals surface area contributed by atoms with Crippen molar-refractivity contribution in [2.75, 3.05) is 0 Å². The second-order valence-corrected chi connectivity index (χ2v) is 7.59. The summed E-state index contributed by atoms with van der Waals surface area (Å²) in [7, 11) is 0. The van der Waals surface area contributed by atoms with Crippen molar-refractivity contribution in [3.63, 3.8) is 0 Å². The van der Waals surface area contributed by atoms with Gasteiger partial charge in [0, 0.05) is 34.9 Å². The lowest BCUT2D eigenvalue weighted by Crippen LogP contribution is -2.05. The summed E-state index contributed by atoms with van der Waals surface area (Å²) in [5, 5.41) is 0. The van der Waals surface area contributed by atoms with Crippen molar-refractivity contribution in [1.29, 1.82) is 0 Å². The van der Waals surface area contributed by atoms with E-state index in [0.717, 1.165) is 23.8 Å². The van der Waals surface area contributed by atoms with E-state index in [4.69, 9.17) is 14.2 Å². The number of hydrogen-bond donors (Lipinski definition) is 0. The molecule has 3 aromatic rings. The maximum absolute atomic E-state index is 11.9. The molecule has 6 nitrogen and oxygen atoms in total. The molecule has 0 aromatic heterocycles. The van der Waals surface area contributed by atoms with Crippen molar-refractivity contribution in [3.05, 3.63) is 126 Å². The monoisotopic (exact) mass is 502 g/mol. The molecular formula is C32H22O6. The van der Waals surface area contributed by atoms with E-state index in [-0.39, 0.29) is 5.75 Å². The Morgan fingerprint density at radius 1 is 0.605 bits per heavy atom. The molecule has 0 fully saturated rings. The lowest BCUT2D eigenvalue weighted by Gasteiger charge is -2.08. The van der Waals surface area contributed by atoms with Gasteiger partial charge < -0.3 is 14.2 Å². The summed E-state index contributed by atoms with van der Waals surface area (Å²) in [6, 6.07) is 16.7. The van der Waals surface area contributed by atoms with Crippen LogP contribution >= 0.6 is 0 Å². The summed E-state index contributed by atoms with van der Waals surface area (Å²) in [6.45, 7) is 12.0. The van der Waals surface area contributed by atoms with Gasteiger partial charge >= 0.3 is 17.9 Å². The SMILES string of the molecule is C=CC(=O)Oc1ccc(C#Cc2cc(OC(=O)C=C)c(C#Cc3ccc(OC(=O)C=C)cc3)cc2C)cc1. The van der Waals surface area contributed by atoms with Crippen LogP contribution in [0, 0.1) is 30.6 Å². The highest BCUT2D eigenvalue weighted by Gasteiger charge is 2.10. The van der Waals surface area contributed by atoms with Crippen LogP contribution in [0.3, 0.4) is 0 Å². The van der Waals surface area contributed by atoms with Crippen LogP contribution in [0.15, 0.2) is 98.6 Å². The highest BCUT2D eigenvalue weighted by molar-refractivity contribution is 5.84. The normalized spacial score (nSPS) is 9.39. The Balaban J connectivity index is 1.88. The Morgan fingerprint density at radius 3 is 1.47 bits per heavy atom. The van der Waals surface area contributed by atoms with E-state index in [1.54, 1.807) is 60.7 Å². The fourth-order valence-corrected chi connectivity index (χ4v) is 2.96. The minimum Gasteiger partial charge on any atom is -0.423 e. The third kappa shape index (κ3) is 7.71. The zero-order valence-corrected chi connectivity index (χ0v) is 20.6. The first kappa shape index (κ1) is 27.0. The van der Waals surface area contributed by atoms with Gasteiger partial charge in [0.05, 0.1) is 5.56 Å². The van der Waals surface area contributed by atoms with E-state index in [9.17, 15) is 14.4 Å². The van der Waals surface area contributed by atoms with Crippen molar-refractivity contribution in [2.45, 2.75) is 6.92 Å². The molecule has 6 heteroatoms. The zero-order valence-electron chi connectivity index (χ0n) is 20.6. The summed E-state index contributed by atoms with van der Waals surface area (Å²) in [6.07, 6.45) is 3.22. The fraction of sp³-hybridized carbons (Fsp3) is 0.0312.